The van der Waals surface area contributed by atoms with Gasteiger partial charge >= 0.3 is 0 Å². The summed E-state index contributed by atoms with van der Waals surface area (Å²) in [6, 6.07) is 7.18. The van der Waals surface area contributed by atoms with Crippen molar-refractivity contribution in [3.63, 3.8) is 0 Å². The molecule has 3 rings (SSSR count). The monoisotopic (exact) mass is 325 g/mol. The fourth-order valence-corrected chi connectivity index (χ4v) is 6.18. The van der Waals surface area contributed by atoms with E-state index in [0.717, 1.165) is 17.6 Å². The number of fused-ring (bicyclic) bond motifs is 1. The minimum Gasteiger partial charge on any atom is -0.456 e. The van der Waals surface area contributed by atoms with Crippen LogP contribution in [0.5, 0.6) is 0 Å². The SMILES string of the molecule is CCC1SCCSC1C(NC)c1cc2cccc(F)c2o1. The van der Waals surface area contributed by atoms with E-state index in [0.29, 0.717) is 16.1 Å². The van der Waals surface area contributed by atoms with Crippen molar-refractivity contribution >= 4 is 34.5 Å². The molecular weight excluding hydrogens is 305 g/mol. The number of thioether (sulfide) groups is 2. The first-order valence-corrected chi connectivity index (χ1v) is 9.42. The zero-order valence-electron chi connectivity index (χ0n) is 12.3. The summed E-state index contributed by atoms with van der Waals surface area (Å²) in [5.41, 5.74) is 0.370. The van der Waals surface area contributed by atoms with Gasteiger partial charge in [-0.05, 0) is 25.6 Å². The summed E-state index contributed by atoms with van der Waals surface area (Å²) in [7, 11) is 1.96. The zero-order chi connectivity index (χ0) is 14.8. The molecule has 0 saturated carbocycles. The van der Waals surface area contributed by atoms with Gasteiger partial charge in [-0.25, -0.2) is 4.39 Å². The fourth-order valence-electron chi connectivity index (χ4n) is 2.92. The molecule has 1 saturated heterocycles. The second kappa shape index (κ2) is 6.63. The molecule has 0 aliphatic carbocycles. The van der Waals surface area contributed by atoms with Crippen LogP contribution in [0.1, 0.15) is 25.1 Å². The molecule has 1 aliphatic rings. The van der Waals surface area contributed by atoms with E-state index in [1.807, 2.05) is 42.7 Å². The molecule has 0 bridgehead atoms. The lowest BCUT2D eigenvalue weighted by Gasteiger charge is -2.34. The van der Waals surface area contributed by atoms with Crippen molar-refractivity contribution in [2.45, 2.75) is 29.9 Å². The summed E-state index contributed by atoms with van der Waals surface area (Å²) < 4.78 is 19.7. The van der Waals surface area contributed by atoms with E-state index < -0.39 is 0 Å². The standard InChI is InChI=1S/C16H20FNOS2/c1-3-13-16(21-8-7-20-13)14(18-2)12-9-10-5-4-6-11(17)15(10)19-12/h4-6,9,13-14,16,18H,3,7-8H2,1-2H3. The van der Waals surface area contributed by atoms with Crippen LogP contribution < -0.4 is 5.32 Å². The maximum atomic E-state index is 13.8. The van der Waals surface area contributed by atoms with E-state index in [9.17, 15) is 4.39 Å². The van der Waals surface area contributed by atoms with Crippen LogP contribution in [0.2, 0.25) is 0 Å². The van der Waals surface area contributed by atoms with E-state index in [4.69, 9.17) is 4.42 Å². The van der Waals surface area contributed by atoms with Gasteiger partial charge in [-0.15, -0.1) is 0 Å². The molecule has 21 heavy (non-hydrogen) atoms. The third-order valence-electron chi connectivity index (χ3n) is 3.96. The molecule has 1 N–H and O–H groups in total. The van der Waals surface area contributed by atoms with Crippen molar-refractivity contribution in [1.29, 1.82) is 0 Å². The Balaban J connectivity index is 1.95. The Morgan fingerprint density at radius 2 is 2.19 bits per heavy atom. The Hall–Kier alpha value is -0.650. The Labute approximate surface area is 133 Å². The molecule has 114 valence electrons. The number of hydrogen-bond donors (Lipinski definition) is 1. The molecule has 0 radical (unpaired) electrons. The molecule has 3 unspecified atom stereocenters. The van der Waals surface area contributed by atoms with Crippen LogP contribution in [0.3, 0.4) is 0 Å². The summed E-state index contributed by atoms with van der Waals surface area (Å²) in [6.45, 7) is 2.24. The second-order valence-electron chi connectivity index (χ2n) is 5.23. The summed E-state index contributed by atoms with van der Waals surface area (Å²) in [4.78, 5) is 0. The van der Waals surface area contributed by atoms with E-state index in [1.54, 1.807) is 6.07 Å². The summed E-state index contributed by atoms with van der Waals surface area (Å²) >= 11 is 4.04. The van der Waals surface area contributed by atoms with Crippen molar-refractivity contribution in [3.8, 4) is 0 Å². The van der Waals surface area contributed by atoms with Gasteiger partial charge in [0.1, 0.15) is 5.76 Å². The van der Waals surface area contributed by atoms with Gasteiger partial charge in [0.2, 0.25) is 0 Å². The van der Waals surface area contributed by atoms with Gasteiger partial charge in [-0.2, -0.15) is 23.5 Å². The number of rotatable bonds is 4. The van der Waals surface area contributed by atoms with Gasteiger partial charge in [0.15, 0.2) is 11.4 Å². The quantitative estimate of drug-likeness (QED) is 0.897. The van der Waals surface area contributed by atoms with E-state index >= 15 is 0 Å². The van der Waals surface area contributed by atoms with Crippen LogP contribution in [0.4, 0.5) is 4.39 Å². The number of hydrogen-bond acceptors (Lipinski definition) is 4. The Morgan fingerprint density at radius 1 is 1.38 bits per heavy atom. The minimum absolute atomic E-state index is 0.125. The molecular formula is C16H20FNOS2. The summed E-state index contributed by atoms with van der Waals surface area (Å²) in [5.74, 6) is 2.94. The van der Waals surface area contributed by atoms with Crippen LogP contribution in [-0.2, 0) is 0 Å². The molecule has 3 atom stereocenters. The van der Waals surface area contributed by atoms with Gasteiger partial charge in [0, 0.05) is 27.4 Å². The number of para-hydroxylation sites is 1. The Bertz CT molecular complexity index is 615. The third kappa shape index (κ3) is 2.96. The first kappa shape index (κ1) is 15.3. The van der Waals surface area contributed by atoms with Crippen molar-refractivity contribution < 1.29 is 8.81 Å². The number of nitrogens with one attached hydrogen (secondary N) is 1. The Morgan fingerprint density at radius 3 is 2.90 bits per heavy atom. The molecule has 1 aromatic heterocycles. The zero-order valence-corrected chi connectivity index (χ0v) is 13.9. The van der Waals surface area contributed by atoms with Crippen LogP contribution in [-0.4, -0.2) is 29.1 Å². The molecule has 2 aromatic rings. The maximum Gasteiger partial charge on any atom is 0.169 e. The summed E-state index contributed by atoms with van der Waals surface area (Å²) in [6.07, 6.45) is 1.15. The predicted molar refractivity (Wildman–Crippen MR) is 90.8 cm³/mol. The molecule has 2 nitrogen and oxygen atoms in total. The van der Waals surface area contributed by atoms with Crippen molar-refractivity contribution in [1.82, 2.24) is 5.32 Å². The van der Waals surface area contributed by atoms with Gasteiger partial charge in [0.05, 0.1) is 6.04 Å². The number of halogens is 1. The third-order valence-corrected chi connectivity index (χ3v) is 7.31. The number of furan rings is 1. The highest BCUT2D eigenvalue weighted by atomic mass is 32.2. The minimum atomic E-state index is -0.286. The van der Waals surface area contributed by atoms with Gasteiger partial charge in [0.25, 0.3) is 0 Å². The van der Waals surface area contributed by atoms with Gasteiger partial charge < -0.3 is 9.73 Å². The molecule has 1 aromatic carbocycles. The van der Waals surface area contributed by atoms with Crippen molar-refractivity contribution in [2.24, 2.45) is 0 Å². The lowest BCUT2D eigenvalue weighted by Crippen LogP contribution is -2.37. The van der Waals surface area contributed by atoms with E-state index in [-0.39, 0.29) is 11.9 Å². The topological polar surface area (TPSA) is 25.2 Å². The van der Waals surface area contributed by atoms with Crippen LogP contribution in [0, 0.1) is 5.82 Å². The maximum absolute atomic E-state index is 13.8. The fraction of sp³-hybridized carbons (Fsp3) is 0.500. The molecule has 1 aliphatic heterocycles. The highest BCUT2D eigenvalue weighted by molar-refractivity contribution is 8.07. The molecule has 0 spiro atoms. The van der Waals surface area contributed by atoms with Crippen LogP contribution in [0.15, 0.2) is 28.7 Å². The highest BCUT2D eigenvalue weighted by Gasteiger charge is 2.34. The average Bonchev–Trinajstić information content (AvgIpc) is 2.94. The average molecular weight is 325 g/mol. The number of benzene rings is 1. The smallest absolute Gasteiger partial charge is 0.169 e. The summed E-state index contributed by atoms with van der Waals surface area (Å²) in [5, 5.41) is 5.29. The van der Waals surface area contributed by atoms with Crippen LogP contribution in [0.25, 0.3) is 11.0 Å². The van der Waals surface area contributed by atoms with E-state index in [2.05, 4.69) is 12.2 Å². The van der Waals surface area contributed by atoms with Crippen LogP contribution >= 0.6 is 23.5 Å². The van der Waals surface area contributed by atoms with Gasteiger partial charge in [-0.1, -0.05) is 19.1 Å². The molecule has 5 heteroatoms. The second-order valence-corrected chi connectivity index (χ2v) is 7.86. The lowest BCUT2D eigenvalue weighted by molar-refractivity contribution is 0.427. The first-order chi connectivity index (χ1) is 10.2. The van der Waals surface area contributed by atoms with Crippen molar-refractivity contribution in [2.75, 3.05) is 18.6 Å². The molecule has 2 heterocycles. The Kier molecular flexibility index (Phi) is 4.82. The lowest BCUT2D eigenvalue weighted by atomic mass is 10.1. The highest BCUT2D eigenvalue weighted by Crippen LogP contribution is 2.41. The first-order valence-electron chi connectivity index (χ1n) is 7.33. The normalized spacial score (nSPS) is 24.3. The largest absolute Gasteiger partial charge is 0.456 e. The van der Waals surface area contributed by atoms with E-state index in [1.165, 1.54) is 17.6 Å². The predicted octanol–water partition coefficient (Wildman–Crippen LogP) is 4.46. The molecule has 0 amide bonds. The molecule has 1 fully saturated rings. The van der Waals surface area contributed by atoms with Gasteiger partial charge in [-0.3, -0.25) is 0 Å². The van der Waals surface area contributed by atoms with Crippen molar-refractivity contribution in [3.05, 3.63) is 35.8 Å².